The number of hydrogen-bond donors (Lipinski definition) is 0. The Hall–Kier alpha value is -3.32. The van der Waals surface area contributed by atoms with Gasteiger partial charge in [-0.3, -0.25) is 9.97 Å². The van der Waals surface area contributed by atoms with Crippen LogP contribution in [0.1, 0.15) is 42.7 Å². The van der Waals surface area contributed by atoms with E-state index in [0.29, 0.717) is 16.9 Å². The Morgan fingerprint density at radius 2 is 1.76 bits per heavy atom. The lowest BCUT2D eigenvalue weighted by atomic mass is 10.0. The van der Waals surface area contributed by atoms with Gasteiger partial charge in [0.05, 0.1) is 22.0 Å². The summed E-state index contributed by atoms with van der Waals surface area (Å²) in [6.45, 7) is 2.00. The molecule has 4 aromatic rings. The van der Waals surface area contributed by atoms with Gasteiger partial charge in [0.15, 0.2) is 9.84 Å². The maximum absolute atomic E-state index is 11.8. The average Bonchev–Trinajstić information content (AvgIpc) is 3.51. The van der Waals surface area contributed by atoms with Gasteiger partial charge < -0.3 is 4.57 Å². The predicted octanol–water partition coefficient (Wildman–Crippen LogP) is 5.21. The molecule has 0 N–H and O–H groups in total. The van der Waals surface area contributed by atoms with Gasteiger partial charge in [-0.15, -0.1) is 0 Å². The van der Waals surface area contributed by atoms with Crippen molar-refractivity contribution in [1.29, 1.82) is 0 Å². The maximum atomic E-state index is 11.8. The van der Waals surface area contributed by atoms with Crippen LogP contribution in [0, 0.1) is 6.92 Å². The second-order valence-electron chi connectivity index (χ2n) is 9.09. The molecule has 2 bridgehead atoms. The fraction of sp³-hybridized carbons (Fsp3) is 0.269. The third-order valence-corrected chi connectivity index (χ3v) is 7.94. The van der Waals surface area contributed by atoms with E-state index >= 15 is 0 Å². The molecule has 6 rings (SSSR count). The van der Waals surface area contributed by atoms with Gasteiger partial charge in [-0.25, -0.2) is 13.4 Å². The van der Waals surface area contributed by atoms with Gasteiger partial charge >= 0.3 is 0 Å². The van der Waals surface area contributed by atoms with Crippen LogP contribution in [-0.2, 0) is 9.84 Å². The second-order valence-corrected chi connectivity index (χ2v) is 11.1. The van der Waals surface area contributed by atoms with E-state index in [9.17, 15) is 8.42 Å². The standard InChI is InChI=1S/C26H24N4O2S/c1-16-4-3-5-22(28-16)24-25(30-20-9-6-19(14-20)26(30)29-24)18-12-13-27-23(15-18)17-7-10-21(11-8-17)33(2,31)32/h3-5,7-8,10-13,15,19-20H,6,9,14H2,1-2H3. The molecule has 2 unspecified atom stereocenters. The molecule has 1 aromatic carbocycles. The van der Waals surface area contributed by atoms with Crippen molar-refractivity contribution in [3.63, 3.8) is 0 Å². The zero-order chi connectivity index (χ0) is 22.7. The first kappa shape index (κ1) is 20.3. The first-order valence-corrected chi connectivity index (χ1v) is 13.1. The van der Waals surface area contributed by atoms with Crippen LogP contribution in [0.25, 0.3) is 33.9 Å². The van der Waals surface area contributed by atoms with E-state index in [1.807, 2.05) is 49.5 Å². The number of aryl methyl sites for hydroxylation is 1. The monoisotopic (exact) mass is 456 g/mol. The van der Waals surface area contributed by atoms with Crippen LogP contribution < -0.4 is 0 Å². The Morgan fingerprint density at radius 3 is 2.52 bits per heavy atom. The fourth-order valence-electron chi connectivity index (χ4n) is 5.27. The normalized spacial score (nSPS) is 19.1. The minimum absolute atomic E-state index is 0.305. The van der Waals surface area contributed by atoms with Crippen LogP contribution in [0.4, 0.5) is 0 Å². The smallest absolute Gasteiger partial charge is 0.175 e. The summed E-state index contributed by atoms with van der Waals surface area (Å²) in [5.74, 6) is 1.70. The summed E-state index contributed by atoms with van der Waals surface area (Å²) < 4.78 is 26.1. The molecule has 1 fully saturated rings. The molecule has 4 heterocycles. The van der Waals surface area contributed by atoms with Crippen molar-refractivity contribution < 1.29 is 8.42 Å². The first-order valence-electron chi connectivity index (χ1n) is 11.2. The van der Waals surface area contributed by atoms with E-state index < -0.39 is 9.84 Å². The van der Waals surface area contributed by atoms with Crippen LogP contribution in [0.15, 0.2) is 65.7 Å². The molecule has 0 spiro atoms. The number of aromatic nitrogens is 4. The van der Waals surface area contributed by atoms with Crippen molar-refractivity contribution in [2.24, 2.45) is 0 Å². The molecule has 1 aliphatic carbocycles. The molecule has 0 saturated heterocycles. The van der Waals surface area contributed by atoms with E-state index in [2.05, 4.69) is 15.6 Å². The minimum Gasteiger partial charge on any atom is -0.324 e. The van der Waals surface area contributed by atoms with Crippen molar-refractivity contribution in [3.8, 4) is 33.9 Å². The molecular formula is C26H24N4O2S. The predicted molar refractivity (Wildman–Crippen MR) is 128 cm³/mol. The summed E-state index contributed by atoms with van der Waals surface area (Å²) in [7, 11) is -3.24. The Labute approximate surface area is 193 Å². The number of pyridine rings is 2. The lowest BCUT2D eigenvalue weighted by Crippen LogP contribution is -2.08. The van der Waals surface area contributed by atoms with E-state index in [1.165, 1.54) is 31.3 Å². The molecule has 3 aromatic heterocycles. The molecular weight excluding hydrogens is 432 g/mol. The zero-order valence-corrected chi connectivity index (χ0v) is 19.4. The van der Waals surface area contributed by atoms with Gasteiger partial charge in [0.25, 0.3) is 0 Å². The Kier molecular flexibility index (Phi) is 4.52. The highest BCUT2D eigenvalue weighted by molar-refractivity contribution is 7.90. The number of rotatable bonds is 4. The van der Waals surface area contributed by atoms with Crippen molar-refractivity contribution in [2.75, 3.05) is 6.26 Å². The van der Waals surface area contributed by atoms with Crippen LogP contribution in [0.3, 0.4) is 0 Å². The molecule has 1 aliphatic heterocycles. The van der Waals surface area contributed by atoms with Crippen molar-refractivity contribution in [3.05, 3.63) is 72.3 Å². The summed E-state index contributed by atoms with van der Waals surface area (Å²) in [6.07, 6.45) is 6.59. The topological polar surface area (TPSA) is 77.7 Å². The molecule has 0 radical (unpaired) electrons. The highest BCUT2D eigenvalue weighted by Gasteiger charge is 2.41. The van der Waals surface area contributed by atoms with Crippen LogP contribution in [0.5, 0.6) is 0 Å². The maximum Gasteiger partial charge on any atom is 0.175 e. The molecule has 7 heteroatoms. The van der Waals surface area contributed by atoms with Crippen LogP contribution in [-0.4, -0.2) is 34.2 Å². The molecule has 0 amide bonds. The van der Waals surface area contributed by atoms with Crippen molar-refractivity contribution >= 4 is 9.84 Å². The molecule has 6 nitrogen and oxygen atoms in total. The second kappa shape index (κ2) is 7.35. The van der Waals surface area contributed by atoms with Gasteiger partial charge in [0.1, 0.15) is 11.5 Å². The Morgan fingerprint density at radius 1 is 0.939 bits per heavy atom. The van der Waals surface area contributed by atoms with E-state index in [1.54, 1.807) is 12.1 Å². The van der Waals surface area contributed by atoms with Gasteiger partial charge in [0.2, 0.25) is 0 Å². The molecule has 33 heavy (non-hydrogen) atoms. The van der Waals surface area contributed by atoms with Gasteiger partial charge in [-0.1, -0.05) is 18.2 Å². The number of hydrogen-bond acceptors (Lipinski definition) is 5. The van der Waals surface area contributed by atoms with Gasteiger partial charge in [0, 0.05) is 41.2 Å². The quantitative estimate of drug-likeness (QED) is 0.421. The highest BCUT2D eigenvalue weighted by atomic mass is 32.2. The van der Waals surface area contributed by atoms with E-state index in [0.717, 1.165) is 39.6 Å². The lowest BCUT2D eigenvalue weighted by molar-refractivity contribution is 0.530. The number of benzene rings is 1. The molecule has 166 valence electrons. The number of nitrogens with zero attached hydrogens (tertiary/aromatic N) is 4. The van der Waals surface area contributed by atoms with Crippen molar-refractivity contribution in [2.45, 2.75) is 43.0 Å². The number of sulfone groups is 1. The van der Waals surface area contributed by atoms with Crippen LogP contribution in [0.2, 0.25) is 0 Å². The minimum atomic E-state index is -3.24. The van der Waals surface area contributed by atoms with Gasteiger partial charge in [-0.05, 0) is 62.6 Å². The number of imidazole rings is 1. The summed E-state index contributed by atoms with van der Waals surface area (Å²) in [5.41, 5.74) is 6.62. The summed E-state index contributed by atoms with van der Waals surface area (Å²) in [5, 5.41) is 0. The average molecular weight is 457 g/mol. The van der Waals surface area contributed by atoms with E-state index in [-0.39, 0.29) is 0 Å². The Bertz CT molecular complexity index is 1490. The SMILES string of the molecule is Cc1cccc(-c2nc3n(c2-c2ccnc(-c4ccc(S(C)(=O)=O)cc4)c2)C2CCC3C2)n1. The van der Waals surface area contributed by atoms with E-state index in [4.69, 9.17) is 9.97 Å². The summed E-state index contributed by atoms with van der Waals surface area (Å²) >= 11 is 0. The largest absolute Gasteiger partial charge is 0.324 e. The molecule has 1 saturated carbocycles. The lowest BCUT2D eigenvalue weighted by Gasteiger charge is -2.17. The zero-order valence-electron chi connectivity index (χ0n) is 18.6. The summed E-state index contributed by atoms with van der Waals surface area (Å²) in [4.78, 5) is 14.8. The third-order valence-electron chi connectivity index (χ3n) is 6.82. The molecule has 2 aliphatic rings. The van der Waals surface area contributed by atoms with Crippen LogP contribution >= 0.6 is 0 Å². The van der Waals surface area contributed by atoms with Crippen molar-refractivity contribution in [1.82, 2.24) is 19.5 Å². The van der Waals surface area contributed by atoms with Gasteiger partial charge in [-0.2, -0.15) is 0 Å². The summed E-state index contributed by atoms with van der Waals surface area (Å²) in [6, 6.07) is 17.5. The molecule has 2 atom stereocenters. The first-order chi connectivity index (χ1) is 15.9. The third kappa shape index (κ3) is 3.38. The highest BCUT2D eigenvalue weighted by Crippen LogP contribution is 2.52. The number of fused-ring (bicyclic) bond motifs is 5. The Balaban J connectivity index is 1.50. The fourth-order valence-corrected chi connectivity index (χ4v) is 5.90.